The van der Waals surface area contributed by atoms with Gasteiger partial charge in [-0.15, -0.1) is 11.3 Å². The van der Waals surface area contributed by atoms with Crippen molar-refractivity contribution in [2.45, 2.75) is 64.6 Å². The fourth-order valence-electron chi connectivity index (χ4n) is 5.42. The van der Waals surface area contributed by atoms with Gasteiger partial charge in [-0.25, -0.2) is 9.97 Å². The summed E-state index contributed by atoms with van der Waals surface area (Å²) < 4.78 is 5.57. The van der Waals surface area contributed by atoms with Crippen LogP contribution in [0.15, 0.2) is 70.9 Å². The summed E-state index contributed by atoms with van der Waals surface area (Å²) in [6, 6.07) is 11.7. The molecule has 12 nitrogen and oxygen atoms in total. The van der Waals surface area contributed by atoms with E-state index in [0.717, 1.165) is 11.1 Å². The van der Waals surface area contributed by atoms with Crippen molar-refractivity contribution in [1.29, 1.82) is 0 Å². The van der Waals surface area contributed by atoms with E-state index in [1.165, 1.54) is 22.5 Å². The standard InChI is InChI=1S/C34H39N7O5S/c1-21(2)14-25-17-41(30(43)12-11-24-10-7-13-35-16-24)18-29(42)38-26(15-23-8-5-4-6-9-23)34-40-28(20-47-34)32(45)36-22(3)33-39-27(19-46-33)31(44)37-25/h4-10,13,16,19-22,25-26H,11-12,14-15,17-18H2,1-3H3,(H,36,45)(H,37,44)(H,38,42)/t22-,25-,26-/m1/s1. The molecule has 1 aromatic carbocycles. The molecule has 0 fully saturated rings. The van der Waals surface area contributed by atoms with Gasteiger partial charge in [0.2, 0.25) is 17.7 Å². The van der Waals surface area contributed by atoms with E-state index in [-0.39, 0.29) is 54.5 Å². The summed E-state index contributed by atoms with van der Waals surface area (Å²) in [4.78, 5) is 68.5. The molecule has 4 bridgehead atoms. The smallest absolute Gasteiger partial charge is 0.273 e. The maximum Gasteiger partial charge on any atom is 0.273 e. The molecule has 3 N–H and O–H groups in total. The number of carbonyl (C=O) groups excluding carboxylic acids is 4. The molecule has 1 aliphatic heterocycles. The first-order chi connectivity index (χ1) is 22.6. The third-order valence-electron chi connectivity index (χ3n) is 7.71. The highest BCUT2D eigenvalue weighted by atomic mass is 32.1. The molecule has 5 rings (SSSR count). The van der Waals surface area contributed by atoms with E-state index >= 15 is 0 Å². The van der Waals surface area contributed by atoms with Gasteiger partial charge in [0, 0.05) is 36.8 Å². The molecule has 0 spiro atoms. The van der Waals surface area contributed by atoms with Gasteiger partial charge in [-0.1, -0.05) is 50.2 Å². The fourth-order valence-corrected chi connectivity index (χ4v) is 6.27. The average molecular weight is 658 g/mol. The second-order valence-corrected chi connectivity index (χ2v) is 13.0. The van der Waals surface area contributed by atoms with E-state index < -0.39 is 29.9 Å². The molecule has 0 saturated carbocycles. The second-order valence-electron chi connectivity index (χ2n) is 12.1. The Morgan fingerprint density at radius 1 is 1.00 bits per heavy atom. The van der Waals surface area contributed by atoms with Crippen LogP contribution in [0, 0.1) is 5.92 Å². The third-order valence-corrected chi connectivity index (χ3v) is 8.67. The Labute approximate surface area is 277 Å². The van der Waals surface area contributed by atoms with Crippen LogP contribution < -0.4 is 16.0 Å². The van der Waals surface area contributed by atoms with Crippen molar-refractivity contribution in [2.24, 2.45) is 5.92 Å². The van der Waals surface area contributed by atoms with Gasteiger partial charge in [-0.3, -0.25) is 24.2 Å². The summed E-state index contributed by atoms with van der Waals surface area (Å²) in [5, 5.41) is 11.1. The molecule has 4 amide bonds. The molecule has 1 aliphatic rings. The Morgan fingerprint density at radius 3 is 2.51 bits per heavy atom. The van der Waals surface area contributed by atoms with Crippen LogP contribution >= 0.6 is 11.3 Å². The molecule has 0 radical (unpaired) electrons. The minimum atomic E-state index is -0.646. The van der Waals surface area contributed by atoms with Crippen molar-refractivity contribution < 1.29 is 23.6 Å². The van der Waals surface area contributed by atoms with Crippen molar-refractivity contribution in [2.75, 3.05) is 13.1 Å². The average Bonchev–Trinajstić information content (AvgIpc) is 3.75. The number of thiazole rings is 1. The van der Waals surface area contributed by atoms with E-state index in [1.807, 2.05) is 56.3 Å². The number of nitrogens with one attached hydrogen (secondary N) is 3. The van der Waals surface area contributed by atoms with E-state index in [1.54, 1.807) is 24.7 Å². The van der Waals surface area contributed by atoms with Gasteiger partial charge < -0.3 is 25.3 Å². The monoisotopic (exact) mass is 657 g/mol. The molecule has 4 heterocycles. The first-order valence-electron chi connectivity index (χ1n) is 15.7. The largest absolute Gasteiger partial charge is 0.446 e. The lowest BCUT2D eigenvalue weighted by Gasteiger charge is -2.29. The SMILES string of the molecule is CC(C)C[C@@H]1CN(C(=O)CCc2cccnc2)CC(=O)N[C@H](Cc2ccccc2)c2nc(cs2)C(=O)N[C@H](C)c2nc(co2)C(=O)N1. The van der Waals surface area contributed by atoms with Crippen LogP contribution in [0.5, 0.6) is 0 Å². The van der Waals surface area contributed by atoms with Crippen molar-refractivity contribution >= 4 is 35.0 Å². The summed E-state index contributed by atoms with van der Waals surface area (Å²) in [7, 11) is 0. The molecular formula is C34H39N7O5S. The minimum absolute atomic E-state index is 0.0443. The molecule has 0 saturated heterocycles. The number of fused-ring (bicyclic) bond motifs is 4. The molecule has 3 aromatic heterocycles. The molecule has 0 aliphatic carbocycles. The predicted molar refractivity (Wildman–Crippen MR) is 175 cm³/mol. The maximum absolute atomic E-state index is 13.7. The summed E-state index contributed by atoms with van der Waals surface area (Å²) in [5.74, 6) is -1.19. The van der Waals surface area contributed by atoms with Gasteiger partial charge in [0.15, 0.2) is 5.69 Å². The van der Waals surface area contributed by atoms with E-state index in [2.05, 4.69) is 30.9 Å². The number of nitrogens with zero attached hydrogens (tertiary/aromatic N) is 4. The highest BCUT2D eigenvalue weighted by molar-refractivity contribution is 7.09. The second kappa shape index (κ2) is 15.6. The Balaban J connectivity index is 1.47. The zero-order valence-corrected chi connectivity index (χ0v) is 27.5. The van der Waals surface area contributed by atoms with Crippen LogP contribution in [0.1, 0.15) is 88.7 Å². The number of aromatic nitrogens is 3. The molecule has 246 valence electrons. The quantitative estimate of drug-likeness (QED) is 0.269. The van der Waals surface area contributed by atoms with E-state index in [0.29, 0.717) is 24.3 Å². The molecule has 0 unspecified atom stereocenters. The van der Waals surface area contributed by atoms with Gasteiger partial charge in [0.1, 0.15) is 23.0 Å². The normalized spacial score (nSPS) is 19.4. The van der Waals surface area contributed by atoms with Crippen molar-refractivity contribution in [1.82, 2.24) is 35.8 Å². The Morgan fingerprint density at radius 2 is 1.77 bits per heavy atom. The van der Waals surface area contributed by atoms with Crippen molar-refractivity contribution in [3.63, 3.8) is 0 Å². The third kappa shape index (κ3) is 9.32. The van der Waals surface area contributed by atoms with Gasteiger partial charge >= 0.3 is 0 Å². The number of oxazole rings is 1. The summed E-state index contributed by atoms with van der Waals surface area (Å²) in [5.41, 5.74) is 2.10. The topological polar surface area (TPSA) is 159 Å². The number of aryl methyl sites for hydroxylation is 1. The van der Waals surface area contributed by atoms with Gasteiger partial charge in [0.05, 0.1) is 12.6 Å². The highest BCUT2D eigenvalue weighted by Gasteiger charge is 2.28. The predicted octanol–water partition coefficient (Wildman–Crippen LogP) is 4.04. The number of benzene rings is 1. The Hall–Kier alpha value is -4.91. The van der Waals surface area contributed by atoms with Crippen LogP contribution in [0.25, 0.3) is 0 Å². The molecule has 3 atom stereocenters. The molecular weight excluding hydrogens is 618 g/mol. The van der Waals surface area contributed by atoms with Crippen LogP contribution in [0.2, 0.25) is 0 Å². The van der Waals surface area contributed by atoms with Crippen molar-refractivity contribution in [3.8, 4) is 0 Å². The molecule has 4 aromatic rings. The van der Waals surface area contributed by atoms with E-state index in [4.69, 9.17) is 4.42 Å². The molecule has 47 heavy (non-hydrogen) atoms. The van der Waals surface area contributed by atoms with Crippen molar-refractivity contribution in [3.05, 3.63) is 99.9 Å². The Kier molecular flexibility index (Phi) is 11.1. The van der Waals surface area contributed by atoms with Gasteiger partial charge in [-0.05, 0) is 49.3 Å². The zero-order valence-electron chi connectivity index (χ0n) is 26.6. The van der Waals surface area contributed by atoms with Crippen LogP contribution in [-0.2, 0) is 22.4 Å². The lowest BCUT2D eigenvalue weighted by molar-refractivity contribution is -0.136. The number of hydrogen-bond donors (Lipinski definition) is 3. The molecule has 13 heteroatoms. The summed E-state index contributed by atoms with van der Waals surface area (Å²) >= 11 is 1.27. The first kappa shape index (κ1) is 33.5. The summed E-state index contributed by atoms with van der Waals surface area (Å²) in [6.07, 6.45) is 6.22. The van der Waals surface area contributed by atoms with Crippen LogP contribution in [-0.4, -0.2) is 62.6 Å². The number of pyridine rings is 1. The zero-order chi connectivity index (χ0) is 33.3. The fraction of sp³-hybridized carbons (Fsp3) is 0.382. The number of hydrogen-bond acceptors (Lipinski definition) is 9. The first-order valence-corrected chi connectivity index (χ1v) is 16.5. The van der Waals surface area contributed by atoms with Gasteiger partial charge in [0.25, 0.3) is 11.8 Å². The van der Waals surface area contributed by atoms with Crippen LogP contribution in [0.3, 0.4) is 0 Å². The lowest BCUT2D eigenvalue weighted by atomic mass is 10.0. The number of amides is 4. The van der Waals surface area contributed by atoms with Crippen LogP contribution in [0.4, 0.5) is 0 Å². The number of carbonyl (C=O) groups is 4. The lowest BCUT2D eigenvalue weighted by Crippen LogP contribution is -2.50. The maximum atomic E-state index is 13.7. The minimum Gasteiger partial charge on any atom is -0.446 e. The van der Waals surface area contributed by atoms with Gasteiger partial charge in [-0.2, -0.15) is 0 Å². The highest BCUT2D eigenvalue weighted by Crippen LogP contribution is 2.24. The summed E-state index contributed by atoms with van der Waals surface area (Å²) in [6.45, 7) is 5.63. The Bertz CT molecular complexity index is 1670. The number of rotatable bonds is 7. The van der Waals surface area contributed by atoms with E-state index in [9.17, 15) is 19.2 Å².